The van der Waals surface area contributed by atoms with Crippen molar-refractivity contribution in [2.24, 2.45) is 0 Å². The van der Waals surface area contributed by atoms with Gasteiger partial charge in [-0.25, -0.2) is 18.0 Å². The minimum absolute atomic E-state index is 0.0783. The molecule has 2 atom stereocenters. The summed E-state index contributed by atoms with van der Waals surface area (Å²) < 4.78 is 43.3. The number of aliphatic hydroxyl groups excluding tert-OH is 2. The van der Waals surface area contributed by atoms with Crippen LogP contribution >= 0.6 is 0 Å². The van der Waals surface area contributed by atoms with Gasteiger partial charge in [0.25, 0.3) is 6.43 Å². The van der Waals surface area contributed by atoms with Gasteiger partial charge in [0.15, 0.2) is 0 Å². The standard InChI is InChI=1S/C15H20F3NO4/c1-15(2,3)23-14(22)19-7-11(20)12(21)8-4-5-9(13(17)18)10(16)6-8/h4-6,11-13,20-21H,7H2,1-3H3,(H,19,22). The molecule has 0 spiro atoms. The summed E-state index contributed by atoms with van der Waals surface area (Å²) >= 11 is 0. The van der Waals surface area contributed by atoms with Gasteiger partial charge < -0.3 is 20.3 Å². The lowest BCUT2D eigenvalue weighted by atomic mass is 10.0. The number of ether oxygens (including phenoxy) is 1. The van der Waals surface area contributed by atoms with E-state index in [0.717, 1.165) is 18.2 Å². The first-order valence-electron chi connectivity index (χ1n) is 6.91. The second kappa shape index (κ2) is 7.65. The maximum absolute atomic E-state index is 13.5. The van der Waals surface area contributed by atoms with Crippen LogP contribution in [0.3, 0.4) is 0 Å². The van der Waals surface area contributed by atoms with Crippen LogP contribution in [-0.4, -0.2) is 34.6 Å². The van der Waals surface area contributed by atoms with Crippen LogP contribution in [0.15, 0.2) is 18.2 Å². The van der Waals surface area contributed by atoms with E-state index < -0.39 is 41.7 Å². The summed E-state index contributed by atoms with van der Waals surface area (Å²) in [6.45, 7) is 4.62. The molecule has 0 aliphatic rings. The molecule has 130 valence electrons. The molecule has 0 radical (unpaired) electrons. The molecule has 0 bridgehead atoms. The van der Waals surface area contributed by atoms with Gasteiger partial charge in [-0.2, -0.15) is 0 Å². The van der Waals surface area contributed by atoms with Crippen molar-refractivity contribution in [3.63, 3.8) is 0 Å². The average Bonchev–Trinajstić information content (AvgIpc) is 2.41. The maximum Gasteiger partial charge on any atom is 0.407 e. The van der Waals surface area contributed by atoms with Gasteiger partial charge in [0.05, 0.1) is 5.56 Å². The summed E-state index contributed by atoms with van der Waals surface area (Å²) in [5.74, 6) is -1.18. The Kier molecular flexibility index (Phi) is 6.40. The third-order valence-electron chi connectivity index (χ3n) is 2.82. The van der Waals surface area contributed by atoms with E-state index in [1.165, 1.54) is 0 Å². The molecule has 0 saturated heterocycles. The Morgan fingerprint density at radius 1 is 1.30 bits per heavy atom. The molecule has 8 heteroatoms. The smallest absolute Gasteiger partial charge is 0.407 e. The van der Waals surface area contributed by atoms with Crippen molar-refractivity contribution in [1.82, 2.24) is 5.32 Å². The van der Waals surface area contributed by atoms with Gasteiger partial charge in [-0.05, 0) is 32.4 Å². The van der Waals surface area contributed by atoms with E-state index in [9.17, 15) is 28.2 Å². The molecule has 2 unspecified atom stereocenters. The summed E-state index contributed by atoms with van der Waals surface area (Å²) in [6, 6.07) is 2.65. The maximum atomic E-state index is 13.5. The van der Waals surface area contributed by atoms with Crippen LogP contribution in [0.1, 0.15) is 44.4 Å². The van der Waals surface area contributed by atoms with E-state index >= 15 is 0 Å². The molecular weight excluding hydrogens is 315 g/mol. The highest BCUT2D eigenvalue weighted by Gasteiger charge is 2.23. The first-order chi connectivity index (χ1) is 10.5. The monoisotopic (exact) mass is 335 g/mol. The van der Waals surface area contributed by atoms with E-state index in [-0.39, 0.29) is 12.1 Å². The number of carbonyl (C=O) groups is 1. The first kappa shape index (κ1) is 19.2. The molecule has 0 aromatic heterocycles. The highest BCUT2D eigenvalue weighted by atomic mass is 19.3. The number of hydrogen-bond acceptors (Lipinski definition) is 4. The van der Waals surface area contributed by atoms with E-state index in [4.69, 9.17) is 4.74 Å². The summed E-state index contributed by atoms with van der Waals surface area (Å²) in [5, 5.41) is 21.9. The second-order valence-electron chi connectivity index (χ2n) is 5.98. The molecule has 1 rings (SSSR count). The van der Waals surface area contributed by atoms with Crippen molar-refractivity contribution in [3.8, 4) is 0 Å². The Labute approximate surface area is 132 Å². The van der Waals surface area contributed by atoms with Crippen molar-refractivity contribution in [1.29, 1.82) is 0 Å². The number of carbonyl (C=O) groups excluding carboxylic acids is 1. The molecule has 1 aromatic rings. The van der Waals surface area contributed by atoms with Crippen molar-refractivity contribution < 1.29 is 32.9 Å². The van der Waals surface area contributed by atoms with Crippen molar-refractivity contribution in [2.75, 3.05) is 6.54 Å². The van der Waals surface area contributed by atoms with Crippen LogP contribution < -0.4 is 5.32 Å². The van der Waals surface area contributed by atoms with Crippen molar-refractivity contribution in [3.05, 3.63) is 35.1 Å². The van der Waals surface area contributed by atoms with Gasteiger partial charge in [0, 0.05) is 6.54 Å². The number of benzene rings is 1. The zero-order valence-electron chi connectivity index (χ0n) is 13.0. The summed E-state index contributed by atoms with van der Waals surface area (Å²) in [4.78, 5) is 11.4. The molecule has 5 nitrogen and oxygen atoms in total. The van der Waals surface area contributed by atoms with Gasteiger partial charge in [-0.15, -0.1) is 0 Å². The number of hydrogen-bond donors (Lipinski definition) is 3. The first-order valence-corrected chi connectivity index (χ1v) is 6.91. The molecule has 1 aromatic carbocycles. The number of rotatable bonds is 5. The molecule has 3 N–H and O–H groups in total. The Bertz CT molecular complexity index is 546. The van der Waals surface area contributed by atoms with Crippen LogP contribution in [-0.2, 0) is 4.74 Å². The molecule has 1 amide bonds. The zero-order valence-corrected chi connectivity index (χ0v) is 13.0. The summed E-state index contributed by atoms with van der Waals surface area (Å²) in [6.07, 6.45) is -6.77. The van der Waals surface area contributed by atoms with Gasteiger partial charge in [-0.3, -0.25) is 0 Å². The van der Waals surface area contributed by atoms with E-state index in [1.54, 1.807) is 20.8 Å². The van der Waals surface area contributed by atoms with Gasteiger partial charge in [0.1, 0.15) is 23.6 Å². The van der Waals surface area contributed by atoms with Crippen LogP contribution in [0, 0.1) is 5.82 Å². The fourth-order valence-electron chi connectivity index (χ4n) is 1.74. The Hall–Kier alpha value is -1.80. The Morgan fingerprint density at radius 2 is 1.91 bits per heavy atom. The number of aliphatic hydroxyl groups is 2. The molecular formula is C15H20F3NO4. The van der Waals surface area contributed by atoms with Gasteiger partial charge >= 0.3 is 6.09 Å². The molecule has 0 fully saturated rings. The normalized spacial score (nSPS) is 14.5. The van der Waals surface area contributed by atoms with Gasteiger partial charge in [-0.1, -0.05) is 12.1 Å². The average molecular weight is 335 g/mol. The number of alkyl carbamates (subject to hydrolysis) is 1. The molecule has 23 heavy (non-hydrogen) atoms. The van der Waals surface area contributed by atoms with Crippen molar-refractivity contribution in [2.45, 2.75) is 45.0 Å². The molecule has 0 aliphatic heterocycles. The van der Waals surface area contributed by atoms with Gasteiger partial charge in [0.2, 0.25) is 0 Å². The summed E-state index contributed by atoms with van der Waals surface area (Å²) in [5.41, 5.74) is -1.59. The van der Waals surface area contributed by atoms with Crippen molar-refractivity contribution >= 4 is 6.09 Å². The van der Waals surface area contributed by atoms with E-state index in [0.29, 0.717) is 0 Å². The lowest BCUT2D eigenvalue weighted by molar-refractivity contribution is 0.0127. The molecule has 0 saturated carbocycles. The predicted octanol–water partition coefficient (Wildman–Crippen LogP) is 2.68. The predicted molar refractivity (Wildman–Crippen MR) is 76.6 cm³/mol. The lowest BCUT2D eigenvalue weighted by Gasteiger charge is -2.22. The third-order valence-corrected chi connectivity index (χ3v) is 2.82. The third kappa shape index (κ3) is 6.07. The minimum atomic E-state index is -2.97. The quantitative estimate of drug-likeness (QED) is 0.773. The zero-order chi connectivity index (χ0) is 17.8. The largest absolute Gasteiger partial charge is 0.444 e. The fraction of sp³-hybridized carbons (Fsp3) is 0.533. The SMILES string of the molecule is CC(C)(C)OC(=O)NCC(O)C(O)c1ccc(C(F)F)c(F)c1. The van der Waals surface area contributed by atoms with E-state index in [1.807, 2.05) is 0 Å². The number of amides is 1. The number of nitrogens with one attached hydrogen (secondary N) is 1. The summed E-state index contributed by atoms with van der Waals surface area (Å²) in [7, 11) is 0. The van der Waals surface area contributed by atoms with Crippen LogP contribution in [0.2, 0.25) is 0 Å². The van der Waals surface area contributed by atoms with Crippen LogP contribution in [0.5, 0.6) is 0 Å². The number of halogens is 3. The highest BCUT2D eigenvalue weighted by Crippen LogP contribution is 2.26. The minimum Gasteiger partial charge on any atom is -0.444 e. The molecule has 0 aliphatic carbocycles. The highest BCUT2D eigenvalue weighted by molar-refractivity contribution is 5.67. The fourth-order valence-corrected chi connectivity index (χ4v) is 1.74. The second-order valence-corrected chi connectivity index (χ2v) is 5.98. The van der Waals surface area contributed by atoms with Crippen LogP contribution in [0.4, 0.5) is 18.0 Å². The van der Waals surface area contributed by atoms with E-state index in [2.05, 4.69) is 5.32 Å². The number of alkyl halides is 2. The molecule has 0 heterocycles. The Morgan fingerprint density at radius 3 is 2.39 bits per heavy atom. The Balaban J connectivity index is 2.65. The lowest BCUT2D eigenvalue weighted by Crippen LogP contribution is -2.38. The topological polar surface area (TPSA) is 78.8 Å². The van der Waals surface area contributed by atoms with Crippen LogP contribution in [0.25, 0.3) is 0 Å².